The molecule has 0 spiro atoms. The molecule has 0 aliphatic carbocycles. The van der Waals surface area contributed by atoms with Crippen molar-refractivity contribution in [1.82, 2.24) is 0 Å². The summed E-state index contributed by atoms with van der Waals surface area (Å²) < 4.78 is 176. The highest BCUT2D eigenvalue weighted by atomic mass is 16.3. The molecule has 0 aliphatic rings. The first kappa shape index (κ1) is 8.69. The van der Waals surface area contributed by atoms with E-state index in [-0.39, 0.29) is 44.2 Å². The SMILES string of the molecule is [2H]c1c([2H])c([2H])c(-c2c3c([2H])c([2H])c([2H])c([2H])c3c(-c3cc4c([2H])c([2H])c5oc6c([2H])c([2H])c([2H])c([2H])c6c5c4o3)c3c([2H])c([2H])c([2H])c([2H])c23)c([2H])c1[2H]. The van der Waals surface area contributed by atoms with Crippen molar-refractivity contribution in [2.24, 2.45) is 0 Å². The Bertz CT molecular complexity index is 3030. The summed E-state index contributed by atoms with van der Waals surface area (Å²) in [6, 6.07) is -12.5. The Balaban J connectivity index is 1.70. The molecule has 0 N–H and O–H groups in total. The zero-order valence-electron chi connectivity index (χ0n) is 36.9. The summed E-state index contributed by atoms with van der Waals surface area (Å²) in [5.74, 6) is -0.358. The Labute approximate surface area is 233 Å². The van der Waals surface area contributed by atoms with Gasteiger partial charge in [0.05, 0.1) is 31.4 Å². The van der Waals surface area contributed by atoms with E-state index in [1.807, 2.05) is 0 Å². The molecule has 0 radical (unpaired) electrons. The normalized spacial score (nSPS) is 19.3. The summed E-state index contributed by atoms with van der Waals surface area (Å²) in [5.41, 5.74) is -2.34. The van der Waals surface area contributed by atoms with E-state index in [4.69, 9.17) is 34.9 Å². The van der Waals surface area contributed by atoms with Crippen molar-refractivity contribution in [2.45, 2.75) is 0 Å². The van der Waals surface area contributed by atoms with Crippen LogP contribution in [0.1, 0.15) is 26.0 Å². The fourth-order valence-electron chi connectivity index (χ4n) is 4.54. The molecule has 6 aromatic carbocycles. The average Bonchev–Trinajstić information content (AvgIpc) is 3.79. The lowest BCUT2D eigenvalue weighted by Gasteiger charge is -2.16. The minimum Gasteiger partial charge on any atom is -0.456 e. The molecular formula is C34H20O2. The van der Waals surface area contributed by atoms with E-state index in [1.165, 1.54) is 6.07 Å². The summed E-state index contributed by atoms with van der Waals surface area (Å²) >= 11 is 0. The van der Waals surface area contributed by atoms with Crippen molar-refractivity contribution in [3.63, 3.8) is 0 Å². The second kappa shape index (κ2) is 7.34. The maximum absolute atomic E-state index is 9.13. The smallest absolute Gasteiger partial charge is 0.146 e. The van der Waals surface area contributed by atoms with Crippen molar-refractivity contribution in [1.29, 1.82) is 0 Å². The maximum atomic E-state index is 9.13. The fourth-order valence-corrected chi connectivity index (χ4v) is 4.54. The lowest BCUT2D eigenvalue weighted by atomic mass is 9.87. The third-order valence-corrected chi connectivity index (χ3v) is 5.98. The molecule has 0 amide bonds. The first-order chi connectivity index (χ1) is 25.8. The number of rotatable bonds is 2. The van der Waals surface area contributed by atoms with Gasteiger partial charge >= 0.3 is 0 Å². The molecule has 2 heterocycles. The molecule has 2 heteroatoms. The summed E-state index contributed by atoms with van der Waals surface area (Å²) in [6.07, 6.45) is 0. The standard InChI is InChI=1S/C34H20O2/c1-2-10-21(11-3-1)31-23-12-4-6-14-25(23)32(26-15-7-5-13-24(26)31)30-20-22-18-19-29-33(34(22)36-30)27-16-8-9-17-28(27)35-29/h1-20H/i1D,2D,3D,4D,5D,6D,7D,8D,9D,10D,11D,12D,13D,14D,15D,16D,17D,18D,19D. The van der Waals surface area contributed by atoms with Gasteiger partial charge in [0.2, 0.25) is 0 Å². The third kappa shape index (κ3) is 2.67. The van der Waals surface area contributed by atoms with Crippen molar-refractivity contribution in [3.05, 3.63) is 121 Å². The third-order valence-electron chi connectivity index (χ3n) is 5.98. The van der Waals surface area contributed by atoms with Gasteiger partial charge in [-0.15, -0.1) is 0 Å². The predicted molar refractivity (Wildman–Crippen MR) is 149 cm³/mol. The van der Waals surface area contributed by atoms with Crippen LogP contribution in [-0.2, 0) is 0 Å². The highest BCUT2D eigenvalue weighted by molar-refractivity contribution is 6.22. The number of fused-ring (bicyclic) bond motifs is 7. The van der Waals surface area contributed by atoms with Crippen molar-refractivity contribution >= 4 is 54.5 Å². The molecule has 0 bridgehead atoms. The van der Waals surface area contributed by atoms with Gasteiger partial charge in [-0.2, -0.15) is 0 Å². The molecule has 2 aromatic heterocycles. The minimum atomic E-state index is -0.816. The van der Waals surface area contributed by atoms with Crippen LogP contribution < -0.4 is 0 Å². The van der Waals surface area contributed by atoms with E-state index in [2.05, 4.69) is 0 Å². The van der Waals surface area contributed by atoms with Crippen LogP contribution in [0.2, 0.25) is 0 Å². The summed E-state index contributed by atoms with van der Waals surface area (Å²) in [5, 5.41) is -2.25. The number of hydrogen-bond acceptors (Lipinski definition) is 2. The lowest BCUT2D eigenvalue weighted by molar-refractivity contribution is 0.635. The van der Waals surface area contributed by atoms with Gasteiger partial charge in [-0.05, 0) is 56.9 Å². The predicted octanol–water partition coefficient (Wildman–Crippen LogP) is 9.97. The molecule has 168 valence electrons. The van der Waals surface area contributed by atoms with E-state index in [0.29, 0.717) is 0 Å². The topological polar surface area (TPSA) is 26.3 Å². The summed E-state index contributed by atoms with van der Waals surface area (Å²) in [7, 11) is 0. The van der Waals surface area contributed by atoms with Gasteiger partial charge < -0.3 is 8.83 Å². The summed E-state index contributed by atoms with van der Waals surface area (Å²) in [4.78, 5) is 0. The van der Waals surface area contributed by atoms with Crippen molar-refractivity contribution in [3.8, 4) is 22.5 Å². The van der Waals surface area contributed by atoms with Crippen molar-refractivity contribution < 1.29 is 34.9 Å². The first-order valence-corrected chi connectivity index (χ1v) is 10.6. The Hall–Kier alpha value is -4.82. The van der Waals surface area contributed by atoms with Crippen LogP contribution in [0.4, 0.5) is 0 Å². The van der Waals surface area contributed by atoms with Crippen LogP contribution in [-0.4, -0.2) is 0 Å². The molecule has 0 atom stereocenters. The van der Waals surface area contributed by atoms with Crippen LogP contribution >= 0.6 is 0 Å². The van der Waals surface area contributed by atoms with E-state index >= 15 is 0 Å². The summed E-state index contributed by atoms with van der Waals surface area (Å²) in [6.45, 7) is 0. The van der Waals surface area contributed by atoms with Crippen LogP contribution in [0.5, 0.6) is 0 Å². The minimum absolute atomic E-state index is 0.125. The van der Waals surface area contributed by atoms with Gasteiger partial charge in [-0.25, -0.2) is 0 Å². The fraction of sp³-hybridized carbons (Fsp3) is 0. The molecular weight excluding hydrogens is 440 g/mol. The second-order valence-electron chi connectivity index (χ2n) is 7.86. The molecule has 0 saturated carbocycles. The average molecular weight is 480 g/mol. The molecule has 0 unspecified atom stereocenters. The number of furan rings is 2. The van der Waals surface area contributed by atoms with E-state index < -0.39 is 147 Å². The Morgan fingerprint density at radius 2 is 1.06 bits per heavy atom. The maximum Gasteiger partial charge on any atom is 0.146 e. The Kier molecular flexibility index (Phi) is 1.77. The van der Waals surface area contributed by atoms with Crippen LogP contribution in [0.25, 0.3) is 76.9 Å². The second-order valence-corrected chi connectivity index (χ2v) is 7.86. The monoisotopic (exact) mass is 479 g/mol. The molecule has 8 aromatic rings. The molecule has 2 nitrogen and oxygen atoms in total. The van der Waals surface area contributed by atoms with Gasteiger partial charge in [-0.1, -0.05) is 96.7 Å². The van der Waals surface area contributed by atoms with E-state index in [1.54, 1.807) is 0 Å². The lowest BCUT2D eigenvalue weighted by Crippen LogP contribution is -1.89. The quantitative estimate of drug-likeness (QED) is 0.231. The van der Waals surface area contributed by atoms with Crippen LogP contribution in [0, 0.1) is 0 Å². The zero-order valence-corrected chi connectivity index (χ0v) is 17.9. The van der Waals surface area contributed by atoms with Crippen molar-refractivity contribution in [2.75, 3.05) is 0 Å². The Morgan fingerprint density at radius 3 is 1.75 bits per heavy atom. The highest BCUT2D eigenvalue weighted by Crippen LogP contribution is 2.46. The Morgan fingerprint density at radius 1 is 0.472 bits per heavy atom. The number of hydrogen-bond donors (Lipinski definition) is 0. The van der Waals surface area contributed by atoms with E-state index in [0.717, 1.165) is 0 Å². The first-order valence-electron chi connectivity index (χ1n) is 20.1. The van der Waals surface area contributed by atoms with Gasteiger partial charge in [0, 0.05) is 16.3 Å². The molecule has 0 aliphatic heterocycles. The van der Waals surface area contributed by atoms with Gasteiger partial charge in [0.25, 0.3) is 0 Å². The van der Waals surface area contributed by atoms with Gasteiger partial charge in [0.1, 0.15) is 22.5 Å². The van der Waals surface area contributed by atoms with Crippen LogP contribution in [0.3, 0.4) is 0 Å². The molecule has 36 heavy (non-hydrogen) atoms. The van der Waals surface area contributed by atoms with E-state index in [9.17, 15) is 0 Å². The molecule has 8 rings (SSSR count). The zero-order chi connectivity index (χ0) is 40.2. The molecule has 0 fully saturated rings. The largest absolute Gasteiger partial charge is 0.456 e. The van der Waals surface area contributed by atoms with Gasteiger partial charge in [0.15, 0.2) is 0 Å². The highest BCUT2D eigenvalue weighted by Gasteiger charge is 2.20. The number of para-hydroxylation sites is 1. The molecule has 0 saturated heterocycles. The van der Waals surface area contributed by atoms with Gasteiger partial charge in [-0.3, -0.25) is 0 Å². The number of benzene rings is 6. The van der Waals surface area contributed by atoms with Crippen LogP contribution in [0.15, 0.2) is 130 Å².